The molecule has 0 aliphatic carbocycles. The Labute approximate surface area is 57.2 Å². The molecule has 0 N–H and O–H groups in total. The summed E-state index contributed by atoms with van der Waals surface area (Å²) in [6.07, 6.45) is 6.73. The van der Waals surface area contributed by atoms with Crippen molar-refractivity contribution < 1.29 is 4.57 Å². The van der Waals surface area contributed by atoms with Crippen molar-refractivity contribution >= 4 is 7.14 Å². The Morgan fingerprint density at radius 2 is 2.11 bits per heavy atom. The molecule has 1 fully saturated rings. The van der Waals surface area contributed by atoms with Crippen LogP contribution in [0.2, 0.25) is 0 Å². The van der Waals surface area contributed by atoms with Crippen LogP contribution < -0.4 is 0 Å². The fraction of sp³-hybridized carbons (Fsp3) is 1.00. The van der Waals surface area contributed by atoms with E-state index in [-0.39, 0.29) is 0 Å². The van der Waals surface area contributed by atoms with Crippen LogP contribution in [0.25, 0.3) is 0 Å². The lowest BCUT2D eigenvalue weighted by atomic mass is 10.4. The molecule has 0 aromatic rings. The topological polar surface area (TPSA) is 17.1 Å². The predicted octanol–water partition coefficient (Wildman–Crippen LogP) is 2.55. The molecular weight excluding hydrogens is 131 g/mol. The van der Waals surface area contributed by atoms with Crippen LogP contribution in [0.1, 0.15) is 26.2 Å². The SMILES string of the molecule is CCCCP1(=O)CCC1. The van der Waals surface area contributed by atoms with Crippen LogP contribution in [0.5, 0.6) is 0 Å². The van der Waals surface area contributed by atoms with Gasteiger partial charge in [-0.1, -0.05) is 13.3 Å². The zero-order valence-corrected chi connectivity index (χ0v) is 6.99. The molecule has 0 aromatic carbocycles. The summed E-state index contributed by atoms with van der Waals surface area (Å²) in [4.78, 5) is 0. The van der Waals surface area contributed by atoms with Gasteiger partial charge in [-0.3, -0.25) is 0 Å². The van der Waals surface area contributed by atoms with Gasteiger partial charge in [0.05, 0.1) is 7.14 Å². The van der Waals surface area contributed by atoms with Crippen molar-refractivity contribution in [1.82, 2.24) is 0 Å². The van der Waals surface area contributed by atoms with Gasteiger partial charge in [-0.25, -0.2) is 0 Å². The Kier molecular flexibility index (Phi) is 2.35. The molecule has 1 saturated heterocycles. The zero-order valence-electron chi connectivity index (χ0n) is 6.10. The molecule has 54 valence electrons. The molecule has 2 heteroatoms. The maximum Gasteiger partial charge on any atom is 0.0877 e. The number of hydrogen-bond donors (Lipinski definition) is 0. The van der Waals surface area contributed by atoms with Crippen LogP contribution in [0.15, 0.2) is 0 Å². The molecule has 0 spiro atoms. The van der Waals surface area contributed by atoms with Gasteiger partial charge in [0.25, 0.3) is 0 Å². The lowest BCUT2D eigenvalue weighted by Gasteiger charge is -2.25. The first-order chi connectivity index (χ1) is 4.27. The summed E-state index contributed by atoms with van der Waals surface area (Å²) in [5, 5.41) is 0. The van der Waals surface area contributed by atoms with Gasteiger partial charge in [-0.05, 0) is 12.8 Å². The monoisotopic (exact) mass is 146 g/mol. The molecule has 1 rings (SSSR count). The molecule has 1 heterocycles. The van der Waals surface area contributed by atoms with Gasteiger partial charge in [-0.15, -0.1) is 0 Å². The van der Waals surface area contributed by atoms with Crippen molar-refractivity contribution in [3.63, 3.8) is 0 Å². The van der Waals surface area contributed by atoms with Crippen LogP contribution in [-0.2, 0) is 4.57 Å². The van der Waals surface area contributed by atoms with E-state index in [4.69, 9.17) is 0 Å². The molecule has 0 atom stereocenters. The van der Waals surface area contributed by atoms with Crippen LogP contribution >= 0.6 is 7.14 Å². The number of unbranched alkanes of at least 4 members (excludes halogenated alkanes) is 1. The Hall–Kier alpha value is 0.230. The maximum atomic E-state index is 11.4. The summed E-state index contributed by atoms with van der Waals surface area (Å²) in [7, 11) is -1.51. The minimum atomic E-state index is -1.51. The van der Waals surface area contributed by atoms with Gasteiger partial charge >= 0.3 is 0 Å². The quantitative estimate of drug-likeness (QED) is 0.559. The standard InChI is InChI=1S/C7H15OP/c1-2-3-5-9(8)6-4-7-9/h2-7H2,1H3. The summed E-state index contributed by atoms with van der Waals surface area (Å²) in [5.41, 5.74) is 0. The third-order valence-corrected chi connectivity index (χ3v) is 5.44. The van der Waals surface area contributed by atoms with Crippen LogP contribution in [0, 0.1) is 0 Å². The highest BCUT2D eigenvalue weighted by Gasteiger charge is 2.28. The lowest BCUT2D eigenvalue weighted by Crippen LogP contribution is -2.11. The molecule has 0 aromatic heterocycles. The largest absolute Gasteiger partial charge is 0.324 e. The molecule has 1 aliphatic rings. The Morgan fingerprint density at radius 1 is 1.44 bits per heavy atom. The van der Waals surface area contributed by atoms with E-state index in [1.807, 2.05) is 0 Å². The van der Waals surface area contributed by atoms with Crippen LogP contribution in [-0.4, -0.2) is 18.5 Å². The van der Waals surface area contributed by atoms with E-state index in [0.29, 0.717) is 0 Å². The molecule has 1 nitrogen and oxygen atoms in total. The highest BCUT2D eigenvalue weighted by molar-refractivity contribution is 7.65. The second kappa shape index (κ2) is 2.88. The summed E-state index contributed by atoms with van der Waals surface area (Å²) in [6.45, 7) is 2.16. The number of rotatable bonds is 3. The summed E-state index contributed by atoms with van der Waals surface area (Å²) >= 11 is 0. The predicted molar refractivity (Wildman–Crippen MR) is 41.7 cm³/mol. The van der Waals surface area contributed by atoms with Crippen molar-refractivity contribution in [3.05, 3.63) is 0 Å². The molecular formula is C7H15OP. The first-order valence-electron chi connectivity index (χ1n) is 3.84. The molecule has 9 heavy (non-hydrogen) atoms. The molecule has 0 saturated carbocycles. The summed E-state index contributed by atoms with van der Waals surface area (Å²) in [6, 6.07) is 0. The third kappa shape index (κ3) is 1.82. The second-order valence-electron chi connectivity index (χ2n) is 2.94. The highest BCUT2D eigenvalue weighted by atomic mass is 31.2. The Balaban J connectivity index is 2.18. The normalized spacial score (nSPS) is 23.2. The van der Waals surface area contributed by atoms with Gasteiger partial charge in [0, 0.05) is 18.5 Å². The zero-order chi connectivity index (χ0) is 6.74. The van der Waals surface area contributed by atoms with Gasteiger partial charge in [-0.2, -0.15) is 0 Å². The fourth-order valence-corrected chi connectivity index (χ4v) is 3.54. The summed E-state index contributed by atoms with van der Waals surface area (Å²) in [5.74, 6) is 0. The number of hydrogen-bond acceptors (Lipinski definition) is 1. The van der Waals surface area contributed by atoms with Crippen molar-refractivity contribution in [2.24, 2.45) is 0 Å². The second-order valence-corrected chi connectivity index (χ2v) is 6.39. The lowest BCUT2D eigenvalue weighted by molar-refractivity contribution is 0.560. The Morgan fingerprint density at radius 3 is 2.44 bits per heavy atom. The van der Waals surface area contributed by atoms with Gasteiger partial charge in [0.2, 0.25) is 0 Å². The first-order valence-corrected chi connectivity index (χ1v) is 6.10. The molecule has 0 radical (unpaired) electrons. The van der Waals surface area contributed by atoms with Gasteiger partial charge < -0.3 is 4.57 Å². The van der Waals surface area contributed by atoms with E-state index in [9.17, 15) is 4.57 Å². The van der Waals surface area contributed by atoms with Crippen molar-refractivity contribution in [2.45, 2.75) is 26.2 Å². The van der Waals surface area contributed by atoms with Gasteiger partial charge in [0.15, 0.2) is 0 Å². The molecule has 0 bridgehead atoms. The fourth-order valence-electron chi connectivity index (χ4n) is 1.18. The van der Waals surface area contributed by atoms with Crippen LogP contribution in [0.4, 0.5) is 0 Å². The van der Waals surface area contributed by atoms with E-state index in [1.165, 1.54) is 19.3 Å². The average Bonchev–Trinajstić information content (AvgIpc) is 1.79. The molecule has 0 amide bonds. The maximum absolute atomic E-state index is 11.4. The van der Waals surface area contributed by atoms with Crippen LogP contribution in [0.3, 0.4) is 0 Å². The van der Waals surface area contributed by atoms with Crippen molar-refractivity contribution in [3.8, 4) is 0 Å². The first kappa shape index (κ1) is 7.34. The van der Waals surface area contributed by atoms with E-state index < -0.39 is 7.14 Å². The third-order valence-electron chi connectivity index (χ3n) is 2.05. The van der Waals surface area contributed by atoms with E-state index >= 15 is 0 Å². The van der Waals surface area contributed by atoms with Gasteiger partial charge in [0.1, 0.15) is 0 Å². The summed E-state index contributed by atoms with van der Waals surface area (Å²) < 4.78 is 11.4. The highest BCUT2D eigenvalue weighted by Crippen LogP contribution is 2.55. The minimum absolute atomic E-state index is 1.03. The van der Waals surface area contributed by atoms with Crippen molar-refractivity contribution in [1.29, 1.82) is 0 Å². The van der Waals surface area contributed by atoms with E-state index in [2.05, 4.69) is 6.92 Å². The minimum Gasteiger partial charge on any atom is -0.324 e. The smallest absolute Gasteiger partial charge is 0.0877 e. The Bertz CT molecular complexity index is 123. The van der Waals surface area contributed by atoms with E-state index in [0.717, 1.165) is 18.5 Å². The average molecular weight is 146 g/mol. The van der Waals surface area contributed by atoms with E-state index in [1.54, 1.807) is 0 Å². The van der Waals surface area contributed by atoms with Crippen molar-refractivity contribution in [2.75, 3.05) is 18.5 Å². The molecule has 1 aliphatic heterocycles. The molecule has 0 unspecified atom stereocenters.